The lowest BCUT2D eigenvalue weighted by Crippen LogP contribution is -2.12. The second-order valence-electron chi connectivity index (χ2n) is 3.70. The fourth-order valence-corrected chi connectivity index (χ4v) is 1.61. The van der Waals surface area contributed by atoms with E-state index in [1.54, 1.807) is 24.3 Å². The molecule has 0 aliphatic rings. The Hall–Kier alpha value is -2.54. The predicted octanol–water partition coefficient (Wildman–Crippen LogP) is 1.54. The number of aromatic hydroxyl groups is 1. The Balaban J connectivity index is 2.36. The molecule has 17 heavy (non-hydrogen) atoms. The van der Waals surface area contributed by atoms with Gasteiger partial charge in [0.05, 0.1) is 5.56 Å². The number of aromatic nitrogens is 1. The maximum absolute atomic E-state index is 11.5. The molecule has 0 bridgehead atoms. The molecule has 84 valence electrons. The van der Waals surface area contributed by atoms with Gasteiger partial charge in [-0.3, -0.25) is 4.79 Å². The summed E-state index contributed by atoms with van der Waals surface area (Å²) in [6.07, 6.45) is 1.77. The third-order valence-electron chi connectivity index (χ3n) is 2.41. The van der Waals surface area contributed by atoms with Gasteiger partial charge in [-0.2, -0.15) is 5.26 Å². The molecule has 2 aromatic rings. The third kappa shape index (κ3) is 2.52. The standard InChI is InChI=1S/C13H10N2O2/c14-7-10-5-11(13(17)15-8-10)4-9-2-1-3-12(16)6-9/h1-3,5-6,8,16H,4H2,(H,15,17). The number of benzene rings is 1. The minimum Gasteiger partial charge on any atom is -0.508 e. The topological polar surface area (TPSA) is 76.9 Å². The molecule has 2 N–H and O–H groups in total. The van der Waals surface area contributed by atoms with Gasteiger partial charge in [0.15, 0.2) is 0 Å². The summed E-state index contributed by atoms with van der Waals surface area (Å²) in [5.41, 5.74) is 1.53. The van der Waals surface area contributed by atoms with Crippen molar-refractivity contribution in [1.82, 2.24) is 4.98 Å². The van der Waals surface area contributed by atoms with E-state index in [1.807, 2.05) is 12.1 Å². The number of hydrogen-bond donors (Lipinski definition) is 2. The second-order valence-corrected chi connectivity index (χ2v) is 3.70. The fourth-order valence-electron chi connectivity index (χ4n) is 1.61. The number of nitrogens with zero attached hydrogens (tertiary/aromatic N) is 1. The lowest BCUT2D eigenvalue weighted by atomic mass is 10.1. The van der Waals surface area contributed by atoms with Crippen LogP contribution in [0.2, 0.25) is 0 Å². The summed E-state index contributed by atoms with van der Waals surface area (Å²) in [5, 5.41) is 18.1. The van der Waals surface area contributed by atoms with Crippen molar-refractivity contribution in [1.29, 1.82) is 5.26 Å². The van der Waals surface area contributed by atoms with Crippen LogP contribution in [0.15, 0.2) is 41.3 Å². The molecule has 0 saturated carbocycles. The van der Waals surface area contributed by atoms with Crippen LogP contribution in [0, 0.1) is 11.3 Å². The van der Waals surface area contributed by atoms with Gasteiger partial charge >= 0.3 is 0 Å². The minimum absolute atomic E-state index is 0.162. The first-order valence-corrected chi connectivity index (χ1v) is 5.08. The number of phenolic OH excluding ortho intramolecular Hbond substituents is 1. The second kappa shape index (κ2) is 4.54. The molecule has 4 heteroatoms. The Bertz CT molecular complexity index is 638. The summed E-state index contributed by atoms with van der Waals surface area (Å²) in [6, 6.07) is 10.2. The van der Waals surface area contributed by atoms with E-state index >= 15 is 0 Å². The first-order valence-electron chi connectivity index (χ1n) is 5.08. The van der Waals surface area contributed by atoms with Crippen molar-refractivity contribution >= 4 is 0 Å². The van der Waals surface area contributed by atoms with E-state index in [1.165, 1.54) is 6.20 Å². The lowest BCUT2D eigenvalue weighted by molar-refractivity contribution is 0.474. The molecule has 0 fully saturated rings. The van der Waals surface area contributed by atoms with E-state index < -0.39 is 0 Å². The van der Waals surface area contributed by atoms with Gasteiger partial charge in [-0.05, 0) is 23.8 Å². The molecule has 0 unspecified atom stereocenters. The minimum atomic E-state index is -0.215. The maximum atomic E-state index is 11.5. The molecule has 0 radical (unpaired) electrons. The smallest absolute Gasteiger partial charge is 0.251 e. The van der Waals surface area contributed by atoms with Crippen molar-refractivity contribution in [2.24, 2.45) is 0 Å². The number of phenols is 1. The molecule has 1 heterocycles. The number of nitrogens with one attached hydrogen (secondary N) is 1. The van der Waals surface area contributed by atoms with E-state index in [0.29, 0.717) is 17.5 Å². The Labute approximate surface area is 97.8 Å². The number of nitriles is 1. The molecule has 0 amide bonds. The zero-order valence-electron chi connectivity index (χ0n) is 8.97. The number of hydrogen-bond acceptors (Lipinski definition) is 3. The number of rotatable bonds is 2. The van der Waals surface area contributed by atoms with Gasteiger partial charge in [0.2, 0.25) is 0 Å². The molecule has 0 aliphatic carbocycles. The van der Waals surface area contributed by atoms with E-state index in [-0.39, 0.29) is 11.3 Å². The largest absolute Gasteiger partial charge is 0.508 e. The Morgan fingerprint density at radius 3 is 2.88 bits per heavy atom. The summed E-state index contributed by atoms with van der Waals surface area (Å²) in [6.45, 7) is 0. The van der Waals surface area contributed by atoms with Gasteiger partial charge < -0.3 is 10.1 Å². The number of pyridine rings is 1. The quantitative estimate of drug-likeness (QED) is 0.815. The Kier molecular flexibility index (Phi) is 2.93. The summed E-state index contributed by atoms with van der Waals surface area (Å²) < 4.78 is 0. The fraction of sp³-hybridized carbons (Fsp3) is 0.0769. The molecule has 0 atom stereocenters. The van der Waals surface area contributed by atoms with Gasteiger partial charge in [-0.15, -0.1) is 0 Å². The molecule has 0 saturated heterocycles. The van der Waals surface area contributed by atoms with Crippen LogP contribution in [0.4, 0.5) is 0 Å². The molecule has 0 spiro atoms. The van der Waals surface area contributed by atoms with Gasteiger partial charge in [0.25, 0.3) is 5.56 Å². The first kappa shape index (κ1) is 11.0. The normalized spacial score (nSPS) is 9.82. The molecule has 4 nitrogen and oxygen atoms in total. The van der Waals surface area contributed by atoms with Gasteiger partial charge in [0.1, 0.15) is 11.8 Å². The average molecular weight is 226 g/mol. The monoisotopic (exact) mass is 226 g/mol. The van der Waals surface area contributed by atoms with Gasteiger partial charge in [-0.1, -0.05) is 12.1 Å². The molecule has 1 aromatic heterocycles. The number of aromatic amines is 1. The van der Waals surface area contributed by atoms with E-state index in [0.717, 1.165) is 5.56 Å². The van der Waals surface area contributed by atoms with Crippen molar-refractivity contribution in [2.75, 3.05) is 0 Å². The average Bonchev–Trinajstić information content (AvgIpc) is 2.32. The van der Waals surface area contributed by atoms with Crippen molar-refractivity contribution in [3.8, 4) is 11.8 Å². The van der Waals surface area contributed by atoms with Crippen LogP contribution < -0.4 is 5.56 Å². The SMILES string of the molecule is N#Cc1c[nH]c(=O)c(Cc2cccc(O)c2)c1. The van der Waals surface area contributed by atoms with Gasteiger partial charge in [-0.25, -0.2) is 0 Å². The van der Waals surface area contributed by atoms with E-state index in [2.05, 4.69) is 4.98 Å². The van der Waals surface area contributed by atoms with Crippen LogP contribution in [-0.4, -0.2) is 10.1 Å². The third-order valence-corrected chi connectivity index (χ3v) is 2.41. The highest BCUT2D eigenvalue weighted by atomic mass is 16.3. The van der Waals surface area contributed by atoms with E-state index in [4.69, 9.17) is 5.26 Å². The molecule has 0 aliphatic heterocycles. The van der Waals surface area contributed by atoms with Crippen LogP contribution in [0.1, 0.15) is 16.7 Å². The summed E-state index contributed by atoms with van der Waals surface area (Å²) in [7, 11) is 0. The highest BCUT2D eigenvalue weighted by Gasteiger charge is 2.03. The molecule has 1 aromatic carbocycles. The van der Waals surface area contributed by atoms with Crippen molar-refractivity contribution < 1.29 is 5.11 Å². The van der Waals surface area contributed by atoms with Crippen molar-refractivity contribution in [3.63, 3.8) is 0 Å². The highest BCUT2D eigenvalue weighted by Crippen LogP contribution is 2.13. The number of H-pyrrole nitrogens is 1. The Morgan fingerprint density at radius 1 is 1.35 bits per heavy atom. The van der Waals surface area contributed by atoms with E-state index in [9.17, 15) is 9.90 Å². The molecular formula is C13H10N2O2. The zero-order chi connectivity index (χ0) is 12.3. The molecule has 2 rings (SSSR count). The highest BCUT2D eigenvalue weighted by molar-refractivity contribution is 5.34. The van der Waals surface area contributed by atoms with Crippen LogP contribution in [-0.2, 0) is 6.42 Å². The van der Waals surface area contributed by atoms with Crippen LogP contribution >= 0.6 is 0 Å². The van der Waals surface area contributed by atoms with Crippen LogP contribution in [0.5, 0.6) is 5.75 Å². The van der Waals surface area contributed by atoms with Crippen molar-refractivity contribution in [2.45, 2.75) is 6.42 Å². The molecular weight excluding hydrogens is 216 g/mol. The van der Waals surface area contributed by atoms with Crippen LogP contribution in [0.25, 0.3) is 0 Å². The summed E-state index contributed by atoms with van der Waals surface area (Å²) in [4.78, 5) is 14.1. The lowest BCUT2D eigenvalue weighted by Gasteiger charge is -2.02. The first-order chi connectivity index (χ1) is 8.19. The summed E-state index contributed by atoms with van der Waals surface area (Å²) in [5.74, 6) is 0.162. The Morgan fingerprint density at radius 2 is 2.18 bits per heavy atom. The summed E-state index contributed by atoms with van der Waals surface area (Å²) >= 11 is 0. The van der Waals surface area contributed by atoms with Gasteiger partial charge in [0, 0.05) is 18.2 Å². The zero-order valence-corrected chi connectivity index (χ0v) is 8.97. The predicted molar refractivity (Wildman–Crippen MR) is 62.7 cm³/mol. The maximum Gasteiger partial charge on any atom is 0.251 e. The van der Waals surface area contributed by atoms with Crippen molar-refractivity contribution in [3.05, 3.63) is 63.6 Å². The van der Waals surface area contributed by atoms with Crippen LogP contribution in [0.3, 0.4) is 0 Å².